The van der Waals surface area contributed by atoms with Gasteiger partial charge in [0.2, 0.25) is 0 Å². The number of rotatable bonds is 3. The molecule has 1 aromatic rings. The van der Waals surface area contributed by atoms with Gasteiger partial charge >= 0.3 is 0 Å². The minimum Gasteiger partial charge on any atom is -0.334 e. The Morgan fingerprint density at radius 1 is 1.56 bits per heavy atom. The number of amides is 1. The van der Waals surface area contributed by atoms with Crippen LogP contribution in [0.1, 0.15) is 40.7 Å². The molecule has 100 valence electrons. The summed E-state index contributed by atoms with van der Waals surface area (Å²) in [6, 6.07) is 4.16. The van der Waals surface area contributed by atoms with E-state index in [0.29, 0.717) is 6.54 Å². The lowest BCUT2D eigenvalue weighted by Crippen LogP contribution is -2.49. The molecular formula is C14H22N2OS. The normalized spacial score (nSPS) is 24.3. The van der Waals surface area contributed by atoms with Gasteiger partial charge in [-0.15, -0.1) is 11.3 Å². The van der Waals surface area contributed by atoms with Crippen LogP contribution in [0, 0.1) is 12.8 Å². The van der Waals surface area contributed by atoms with E-state index in [-0.39, 0.29) is 11.9 Å². The minimum atomic E-state index is 0.165. The number of nitrogens with two attached hydrogens (primary N) is 1. The molecule has 2 rings (SSSR count). The van der Waals surface area contributed by atoms with E-state index in [1.807, 2.05) is 24.0 Å². The van der Waals surface area contributed by atoms with Crippen molar-refractivity contribution in [1.29, 1.82) is 0 Å². The maximum absolute atomic E-state index is 12.5. The summed E-state index contributed by atoms with van der Waals surface area (Å²) in [6.45, 7) is 5.69. The number of likely N-dealkylation sites (tertiary alicyclic amines) is 1. The molecule has 0 radical (unpaired) electrons. The second-order valence-corrected chi connectivity index (χ2v) is 6.38. The number of thiophene rings is 1. The van der Waals surface area contributed by atoms with E-state index >= 15 is 0 Å². The van der Waals surface area contributed by atoms with Crippen LogP contribution in [-0.4, -0.2) is 29.9 Å². The molecule has 2 N–H and O–H groups in total. The largest absolute Gasteiger partial charge is 0.334 e. The summed E-state index contributed by atoms with van der Waals surface area (Å²) in [4.78, 5) is 16.5. The number of hydrogen-bond acceptors (Lipinski definition) is 3. The van der Waals surface area contributed by atoms with Gasteiger partial charge in [-0.05, 0) is 37.8 Å². The predicted octanol–water partition coefficient (Wildman–Crippen LogP) is 2.65. The van der Waals surface area contributed by atoms with E-state index in [1.54, 1.807) is 11.3 Å². The smallest absolute Gasteiger partial charge is 0.264 e. The van der Waals surface area contributed by atoms with Crippen molar-refractivity contribution in [3.8, 4) is 0 Å². The molecule has 18 heavy (non-hydrogen) atoms. The van der Waals surface area contributed by atoms with Crippen molar-refractivity contribution < 1.29 is 4.79 Å². The van der Waals surface area contributed by atoms with Crippen molar-refractivity contribution >= 4 is 17.2 Å². The third-order valence-corrected chi connectivity index (χ3v) is 4.87. The molecule has 0 aromatic carbocycles. The minimum absolute atomic E-state index is 0.165. The van der Waals surface area contributed by atoms with Gasteiger partial charge in [0.25, 0.3) is 5.91 Å². The summed E-state index contributed by atoms with van der Waals surface area (Å²) in [7, 11) is 0. The lowest BCUT2D eigenvalue weighted by molar-refractivity contribution is 0.0563. The van der Waals surface area contributed by atoms with Crippen molar-refractivity contribution in [3.63, 3.8) is 0 Å². The molecule has 2 heterocycles. The van der Waals surface area contributed by atoms with Crippen LogP contribution in [0.3, 0.4) is 0 Å². The molecule has 0 aliphatic carbocycles. The third kappa shape index (κ3) is 2.75. The Bertz CT molecular complexity index is 416. The molecule has 1 saturated heterocycles. The first kappa shape index (κ1) is 13.6. The fraction of sp³-hybridized carbons (Fsp3) is 0.643. The van der Waals surface area contributed by atoms with E-state index in [0.717, 1.165) is 30.2 Å². The van der Waals surface area contributed by atoms with Crippen LogP contribution in [-0.2, 0) is 0 Å². The summed E-state index contributed by atoms with van der Waals surface area (Å²) < 4.78 is 0. The quantitative estimate of drug-likeness (QED) is 0.914. The highest BCUT2D eigenvalue weighted by atomic mass is 32.1. The maximum atomic E-state index is 12.5. The second-order valence-electron chi connectivity index (χ2n) is 5.10. The van der Waals surface area contributed by atoms with E-state index < -0.39 is 0 Å². The first-order valence-electron chi connectivity index (χ1n) is 6.73. The molecule has 4 heteroatoms. The van der Waals surface area contributed by atoms with Gasteiger partial charge in [-0.25, -0.2) is 0 Å². The van der Waals surface area contributed by atoms with Crippen molar-refractivity contribution in [2.45, 2.75) is 39.2 Å². The highest BCUT2D eigenvalue weighted by Crippen LogP contribution is 2.27. The Morgan fingerprint density at radius 3 is 2.89 bits per heavy atom. The number of piperidine rings is 1. The van der Waals surface area contributed by atoms with Crippen LogP contribution < -0.4 is 5.73 Å². The molecule has 0 bridgehead atoms. The highest BCUT2D eigenvalue weighted by molar-refractivity contribution is 7.13. The van der Waals surface area contributed by atoms with Gasteiger partial charge in [-0.1, -0.05) is 13.3 Å². The first-order chi connectivity index (χ1) is 8.65. The topological polar surface area (TPSA) is 46.3 Å². The van der Waals surface area contributed by atoms with Crippen molar-refractivity contribution in [2.24, 2.45) is 11.7 Å². The Morgan fingerprint density at radius 2 is 2.33 bits per heavy atom. The molecule has 1 aliphatic rings. The molecular weight excluding hydrogens is 244 g/mol. The third-order valence-electron chi connectivity index (χ3n) is 3.89. The van der Waals surface area contributed by atoms with Crippen LogP contribution in [0.2, 0.25) is 0 Å². The molecule has 3 nitrogen and oxygen atoms in total. The number of carbonyl (C=O) groups is 1. The van der Waals surface area contributed by atoms with Crippen LogP contribution in [0.25, 0.3) is 0 Å². The molecule has 1 amide bonds. The number of carbonyl (C=O) groups excluding carboxylic acids is 1. The molecule has 1 aliphatic heterocycles. The second kappa shape index (κ2) is 5.85. The van der Waals surface area contributed by atoms with Gasteiger partial charge in [0.15, 0.2) is 0 Å². The van der Waals surface area contributed by atoms with E-state index in [4.69, 9.17) is 5.73 Å². The van der Waals surface area contributed by atoms with Crippen molar-refractivity contribution in [3.05, 3.63) is 21.9 Å². The molecule has 1 aromatic heterocycles. The van der Waals surface area contributed by atoms with E-state index in [1.165, 1.54) is 11.3 Å². The number of hydrogen-bond donors (Lipinski definition) is 1. The average Bonchev–Trinajstić information content (AvgIpc) is 2.83. The summed E-state index contributed by atoms with van der Waals surface area (Å²) in [6.07, 6.45) is 3.36. The Balaban J connectivity index is 2.10. The van der Waals surface area contributed by atoms with Crippen molar-refractivity contribution in [2.75, 3.05) is 13.1 Å². The highest BCUT2D eigenvalue weighted by Gasteiger charge is 2.30. The van der Waals surface area contributed by atoms with Crippen LogP contribution in [0.5, 0.6) is 0 Å². The van der Waals surface area contributed by atoms with Gasteiger partial charge in [-0.2, -0.15) is 0 Å². The lowest BCUT2D eigenvalue weighted by Gasteiger charge is -2.38. The van der Waals surface area contributed by atoms with Crippen LogP contribution >= 0.6 is 11.3 Å². The summed E-state index contributed by atoms with van der Waals surface area (Å²) in [5.74, 6) is 0.894. The van der Waals surface area contributed by atoms with E-state index in [2.05, 4.69) is 6.92 Å². The summed E-state index contributed by atoms with van der Waals surface area (Å²) in [5.41, 5.74) is 5.84. The first-order valence-corrected chi connectivity index (χ1v) is 7.54. The van der Waals surface area contributed by atoms with Crippen molar-refractivity contribution in [1.82, 2.24) is 4.90 Å². The molecule has 0 spiro atoms. The molecule has 0 saturated carbocycles. The zero-order valence-corrected chi connectivity index (χ0v) is 12.0. The predicted molar refractivity (Wildman–Crippen MR) is 75.9 cm³/mol. The number of aryl methyl sites for hydroxylation is 1. The molecule has 2 atom stereocenters. The standard InChI is InChI=1S/C14H22N2OS/c1-3-11-6-7-16(12(8-11)9-15)14(17)13-5-4-10(2)18-13/h4-5,11-12H,3,6-9,15H2,1-2H3. The van der Waals surface area contributed by atoms with Gasteiger partial charge in [0, 0.05) is 24.0 Å². The average molecular weight is 266 g/mol. The summed E-state index contributed by atoms with van der Waals surface area (Å²) in [5, 5.41) is 0. The Labute approximate surface area is 113 Å². The fourth-order valence-corrected chi connectivity index (χ4v) is 3.51. The monoisotopic (exact) mass is 266 g/mol. The van der Waals surface area contributed by atoms with Crippen LogP contribution in [0.4, 0.5) is 0 Å². The van der Waals surface area contributed by atoms with Gasteiger partial charge < -0.3 is 10.6 Å². The fourth-order valence-electron chi connectivity index (χ4n) is 2.69. The Kier molecular flexibility index (Phi) is 4.40. The van der Waals surface area contributed by atoms with Gasteiger partial charge in [0.05, 0.1) is 4.88 Å². The summed E-state index contributed by atoms with van der Waals surface area (Å²) >= 11 is 1.58. The lowest BCUT2D eigenvalue weighted by atomic mass is 9.89. The maximum Gasteiger partial charge on any atom is 0.264 e. The van der Waals surface area contributed by atoms with Crippen LogP contribution in [0.15, 0.2) is 12.1 Å². The van der Waals surface area contributed by atoms with Gasteiger partial charge in [-0.3, -0.25) is 4.79 Å². The van der Waals surface area contributed by atoms with E-state index in [9.17, 15) is 4.79 Å². The zero-order chi connectivity index (χ0) is 13.1. The number of nitrogens with zero attached hydrogens (tertiary/aromatic N) is 1. The molecule has 2 unspecified atom stereocenters. The SMILES string of the molecule is CCC1CCN(C(=O)c2ccc(C)s2)C(CN)C1. The zero-order valence-electron chi connectivity index (χ0n) is 11.2. The molecule has 1 fully saturated rings. The Hall–Kier alpha value is -0.870. The van der Waals surface area contributed by atoms with Gasteiger partial charge in [0.1, 0.15) is 0 Å².